The Hall–Kier alpha value is -1.85. The molecule has 2 atom stereocenters. The highest BCUT2D eigenvalue weighted by molar-refractivity contribution is 6.33. The average Bonchev–Trinajstić information content (AvgIpc) is 3.12. The number of nitrogens with zero attached hydrogens (tertiary/aromatic N) is 3. The minimum atomic E-state index is -0.574. The number of benzene rings is 1. The first-order chi connectivity index (χ1) is 11.5. The fraction of sp³-hybridized carbons (Fsp3) is 0.444. The van der Waals surface area contributed by atoms with Gasteiger partial charge in [0, 0.05) is 19.6 Å². The van der Waals surface area contributed by atoms with E-state index in [1.807, 2.05) is 35.2 Å². The van der Waals surface area contributed by atoms with E-state index in [1.54, 1.807) is 14.0 Å². The highest BCUT2D eigenvalue weighted by Crippen LogP contribution is 2.30. The lowest BCUT2D eigenvalue weighted by Crippen LogP contribution is -2.36. The fourth-order valence-corrected chi connectivity index (χ4v) is 3.69. The summed E-state index contributed by atoms with van der Waals surface area (Å²) in [6.07, 6.45) is 1.80. The molecule has 1 saturated heterocycles. The van der Waals surface area contributed by atoms with E-state index < -0.39 is 6.10 Å². The standard InChI is InChI=1S/C18H22ClN3O2/c1-12-16(17(19)21(2)20-12)18(24)22-10-6-9-14(22)11-15(23)13-7-4-3-5-8-13/h3-5,7-8,14-15,23H,6,9-11H2,1-2H3. The topological polar surface area (TPSA) is 58.4 Å². The maximum absolute atomic E-state index is 12.9. The predicted octanol–water partition coefficient (Wildman–Crippen LogP) is 3.11. The zero-order chi connectivity index (χ0) is 17.3. The molecule has 1 amide bonds. The smallest absolute Gasteiger partial charge is 0.259 e. The van der Waals surface area contributed by atoms with Crippen LogP contribution >= 0.6 is 11.6 Å². The molecule has 24 heavy (non-hydrogen) atoms. The average molecular weight is 348 g/mol. The van der Waals surface area contributed by atoms with E-state index in [1.165, 1.54) is 4.68 Å². The summed E-state index contributed by atoms with van der Waals surface area (Å²) in [5.74, 6) is -0.0895. The van der Waals surface area contributed by atoms with Crippen LogP contribution < -0.4 is 0 Å². The molecule has 1 aromatic carbocycles. The van der Waals surface area contributed by atoms with Gasteiger partial charge in [0.05, 0.1) is 17.4 Å². The van der Waals surface area contributed by atoms with Crippen LogP contribution in [-0.2, 0) is 7.05 Å². The van der Waals surface area contributed by atoms with Crippen molar-refractivity contribution in [2.45, 2.75) is 38.3 Å². The van der Waals surface area contributed by atoms with Crippen molar-refractivity contribution in [1.29, 1.82) is 0 Å². The molecule has 0 bridgehead atoms. The van der Waals surface area contributed by atoms with Crippen molar-refractivity contribution in [3.63, 3.8) is 0 Å². The molecule has 6 heteroatoms. The second-order valence-corrected chi connectivity index (χ2v) is 6.69. The van der Waals surface area contributed by atoms with Gasteiger partial charge in [0.1, 0.15) is 5.15 Å². The van der Waals surface area contributed by atoms with Gasteiger partial charge < -0.3 is 10.0 Å². The van der Waals surface area contributed by atoms with Crippen LogP contribution in [0.5, 0.6) is 0 Å². The van der Waals surface area contributed by atoms with Gasteiger partial charge in [0.25, 0.3) is 5.91 Å². The van der Waals surface area contributed by atoms with Crippen molar-refractivity contribution in [3.8, 4) is 0 Å². The van der Waals surface area contributed by atoms with Crippen LogP contribution in [0.25, 0.3) is 0 Å². The van der Waals surface area contributed by atoms with Crippen LogP contribution in [0.2, 0.25) is 5.15 Å². The minimum absolute atomic E-state index is 0.0170. The Morgan fingerprint density at radius 3 is 2.75 bits per heavy atom. The maximum atomic E-state index is 12.9. The number of hydrogen-bond acceptors (Lipinski definition) is 3. The predicted molar refractivity (Wildman–Crippen MR) is 93.0 cm³/mol. The molecule has 2 aromatic rings. The normalized spacial score (nSPS) is 18.8. The molecule has 0 spiro atoms. The van der Waals surface area contributed by atoms with Gasteiger partial charge in [-0.05, 0) is 31.7 Å². The van der Waals surface area contributed by atoms with E-state index in [2.05, 4.69) is 5.10 Å². The van der Waals surface area contributed by atoms with E-state index >= 15 is 0 Å². The second kappa shape index (κ2) is 6.95. The molecule has 1 aliphatic heterocycles. The first kappa shape index (κ1) is 17.0. The summed E-state index contributed by atoms with van der Waals surface area (Å²) < 4.78 is 1.52. The molecule has 5 nitrogen and oxygen atoms in total. The molecule has 0 aliphatic carbocycles. The van der Waals surface area contributed by atoms with E-state index in [0.29, 0.717) is 29.4 Å². The van der Waals surface area contributed by atoms with Crippen molar-refractivity contribution in [3.05, 3.63) is 52.3 Å². The zero-order valence-electron chi connectivity index (χ0n) is 13.9. The molecule has 1 aliphatic rings. The summed E-state index contributed by atoms with van der Waals surface area (Å²) in [4.78, 5) is 14.8. The number of carbonyl (C=O) groups is 1. The van der Waals surface area contributed by atoms with E-state index in [4.69, 9.17) is 11.6 Å². The quantitative estimate of drug-likeness (QED) is 0.924. The van der Waals surface area contributed by atoms with Gasteiger partial charge in [0.2, 0.25) is 0 Å². The molecule has 2 heterocycles. The number of aliphatic hydroxyl groups is 1. The Bertz CT molecular complexity index is 729. The molecule has 1 N–H and O–H groups in total. The molecule has 0 radical (unpaired) electrons. The molecular weight excluding hydrogens is 326 g/mol. The van der Waals surface area contributed by atoms with Gasteiger partial charge in [-0.15, -0.1) is 0 Å². The SMILES string of the molecule is Cc1nn(C)c(Cl)c1C(=O)N1CCCC1CC(O)c1ccccc1. The fourth-order valence-electron chi connectivity index (χ4n) is 3.43. The van der Waals surface area contributed by atoms with Crippen LogP contribution in [0.4, 0.5) is 0 Å². The molecule has 3 rings (SSSR count). The first-order valence-corrected chi connectivity index (χ1v) is 8.60. The van der Waals surface area contributed by atoms with Crippen LogP contribution in [0.1, 0.15) is 47.0 Å². The number of aliphatic hydroxyl groups excluding tert-OH is 1. The van der Waals surface area contributed by atoms with Crippen LogP contribution in [0, 0.1) is 6.92 Å². The largest absolute Gasteiger partial charge is 0.388 e. The number of carbonyl (C=O) groups excluding carboxylic acids is 1. The Kier molecular flexibility index (Phi) is 4.92. The number of halogens is 1. The number of amides is 1. The van der Waals surface area contributed by atoms with Gasteiger partial charge in [0.15, 0.2) is 0 Å². The molecule has 1 aromatic heterocycles. The van der Waals surface area contributed by atoms with Gasteiger partial charge in [-0.1, -0.05) is 41.9 Å². The van der Waals surface area contributed by atoms with E-state index in [-0.39, 0.29) is 11.9 Å². The Balaban J connectivity index is 1.77. The summed E-state index contributed by atoms with van der Waals surface area (Å²) >= 11 is 6.24. The van der Waals surface area contributed by atoms with Crippen LogP contribution in [-0.4, -0.2) is 38.3 Å². The third kappa shape index (κ3) is 3.19. The van der Waals surface area contributed by atoms with E-state index in [9.17, 15) is 9.90 Å². The summed E-state index contributed by atoms with van der Waals surface area (Å²) in [7, 11) is 1.73. The monoisotopic (exact) mass is 347 g/mol. The van der Waals surface area contributed by atoms with Crippen molar-refractivity contribution >= 4 is 17.5 Å². The number of aryl methyl sites for hydroxylation is 2. The van der Waals surface area contributed by atoms with Gasteiger partial charge in [-0.3, -0.25) is 9.48 Å². The van der Waals surface area contributed by atoms with Gasteiger partial charge in [-0.2, -0.15) is 5.10 Å². The van der Waals surface area contributed by atoms with Crippen molar-refractivity contribution in [2.75, 3.05) is 6.54 Å². The number of likely N-dealkylation sites (tertiary alicyclic amines) is 1. The minimum Gasteiger partial charge on any atom is -0.388 e. The van der Waals surface area contributed by atoms with Crippen molar-refractivity contribution in [1.82, 2.24) is 14.7 Å². The first-order valence-electron chi connectivity index (χ1n) is 8.22. The number of hydrogen-bond donors (Lipinski definition) is 1. The highest BCUT2D eigenvalue weighted by atomic mass is 35.5. The Morgan fingerprint density at radius 2 is 2.12 bits per heavy atom. The Labute approximate surface area is 146 Å². The van der Waals surface area contributed by atoms with Crippen molar-refractivity contribution in [2.24, 2.45) is 7.05 Å². The van der Waals surface area contributed by atoms with E-state index in [0.717, 1.165) is 18.4 Å². The Morgan fingerprint density at radius 1 is 1.42 bits per heavy atom. The highest BCUT2D eigenvalue weighted by Gasteiger charge is 2.34. The number of aromatic nitrogens is 2. The summed E-state index contributed by atoms with van der Waals surface area (Å²) in [5.41, 5.74) is 1.99. The second-order valence-electron chi connectivity index (χ2n) is 6.33. The third-order valence-electron chi connectivity index (χ3n) is 4.68. The molecule has 2 unspecified atom stereocenters. The van der Waals surface area contributed by atoms with Crippen molar-refractivity contribution < 1.29 is 9.90 Å². The maximum Gasteiger partial charge on any atom is 0.259 e. The molecule has 1 fully saturated rings. The number of rotatable bonds is 4. The molecular formula is C18H22ClN3O2. The third-order valence-corrected chi connectivity index (χ3v) is 5.12. The molecule has 0 saturated carbocycles. The van der Waals surface area contributed by atoms with Gasteiger partial charge >= 0.3 is 0 Å². The zero-order valence-corrected chi connectivity index (χ0v) is 14.7. The summed E-state index contributed by atoms with van der Waals surface area (Å²) in [6.45, 7) is 2.48. The molecule has 128 valence electrons. The van der Waals surface area contributed by atoms with Gasteiger partial charge in [-0.25, -0.2) is 0 Å². The lowest BCUT2D eigenvalue weighted by molar-refractivity contribution is 0.0666. The van der Waals surface area contributed by atoms with Crippen LogP contribution in [0.3, 0.4) is 0 Å². The lowest BCUT2D eigenvalue weighted by Gasteiger charge is -2.26. The lowest BCUT2D eigenvalue weighted by atomic mass is 10.0. The summed E-state index contributed by atoms with van der Waals surface area (Å²) in [6, 6.07) is 9.59. The van der Waals surface area contributed by atoms with Crippen LogP contribution in [0.15, 0.2) is 30.3 Å². The summed E-state index contributed by atoms with van der Waals surface area (Å²) in [5, 5.41) is 15.1.